The number of nitrogens with one attached hydrogen (secondary N) is 1. The lowest BCUT2D eigenvalue weighted by atomic mass is 9.75. The van der Waals surface area contributed by atoms with Crippen LogP contribution in [0.2, 0.25) is 0 Å². The topological polar surface area (TPSA) is 12.0 Å². The molecule has 2 aromatic rings. The van der Waals surface area contributed by atoms with Gasteiger partial charge < -0.3 is 5.32 Å². The molecular formula is C19H22BrN. The highest BCUT2D eigenvalue weighted by Gasteiger charge is 2.31. The van der Waals surface area contributed by atoms with E-state index in [1.165, 1.54) is 34.1 Å². The molecule has 2 aromatic carbocycles. The van der Waals surface area contributed by atoms with E-state index >= 15 is 0 Å². The number of hydrogen-bond acceptors (Lipinski definition) is 1. The van der Waals surface area contributed by atoms with E-state index in [0.29, 0.717) is 17.9 Å². The molecule has 0 saturated heterocycles. The first-order chi connectivity index (χ1) is 10.1. The standard InChI is InChI=1S/C19H22BrN/c1-13(2)16-7-4-6-10-19(16)21-15-11-14(12-15)17-8-3-5-9-18(17)20/h3-10,13-15,21H,11-12H2,1-2H3. The highest BCUT2D eigenvalue weighted by molar-refractivity contribution is 9.10. The van der Waals surface area contributed by atoms with Crippen molar-refractivity contribution in [3.8, 4) is 0 Å². The van der Waals surface area contributed by atoms with Gasteiger partial charge in [0.15, 0.2) is 0 Å². The molecule has 1 aliphatic carbocycles. The zero-order valence-electron chi connectivity index (χ0n) is 12.6. The smallest absolute Gasteiger partial charge is 0.0377 e. The van der Waals surface area contributed by atoms with Crippen molar-refractivity contribution in [3.63, 3.8) is 0 Å². The number of para-hydroxylation sites is 1. The molecule has 0 spiro atoms. The van der Waals surface area contributed by atoms with Gasteiger partial charge in [0.2, 0.25) is 0 Å². The number of anilines is 1. The summed E-state index contributed by atoms with van der Waals surface area (Å²) < 4.78 is 1.25. The first-order valence-corrected chi connectivity index (χ1v) is 8.54. The van der Waals surface area contributed by atoms with Gasteiger partial charge in [-0.3, -0.25) is 0 Å². The molecule has 1 aliphatic rings. The Morgan fingerprint density at radius 1 is 1.00 bits per heavy atom. The van der Waals surface area contributed by atoms with Gasteiger partial charge in [-0.05, 0) is 47.9 Å². The predicted molar refractivity (Wildman–Crippen MR) is 94.1 cm³/mol. The molecule has 0 heterocycles. The lowest BCUT2D eigenvalue weighted by Gasteiger charge is -2.38. The van der Waals surface area contributed by atoms with Crippen LogP contribution in [0.4, 0.5) is 5.69 Å². The Bertz CT molecular complexity index is 614. The first-order valence-electron chi connectivity index (χ1n) is 7.75. The zero-order chi connectivity index (χ0) is 14.8. The van der Waals surface area contributed by atoms with Gasteiger partial charge in [0.25, 0.3) is 0 Å². The van der Waals surface area contributed by atoms with Crippen molar-refractivity contribution in [2.45, 2.75) is 44.6 Å². The molecule has 1 saturated carbocycles. The monoisotopic (exact) mass is 343 g/mol. The number of benzene rings is 2. The van der Waals surface area contributed by atoms with Crippen molar-refractivity contribution in [1.29, 1.82) is 0 Å². The molecule has 1 fully saturated rings. The normalized spacial score (nSPS) is 21.1. The van der Waals surface area contributed by atoms with Gasteiger partial charge in [-0.25, -0.2) is 0 Å². The summed E-state index contributed by atoms with van der Waals surface area (Å²) in [7, 11) is 0. The molecule has 0 aromatic heterocycles. The Labute approximate surface area is 135 Å². The second-order valence-electron chi connectivity index (χ2n) is 6.27. The van der Waals surface area contributed by atoms with Crippen molar-refractivity contribution in [1.82, 2.24) is 0 Å². The average molecular weight is 344 g/mol. The Hall–Kier alpha value is -1.28. The van der Waals surface area contributed by atoms with E-state index in [9.17, 15) is 0 Å². The maximum atomic E-state index is 3.73. The molecule has 0 unspecified atom stereocenters. The lowest BCUT2D eigenvalue weighted by Crippen LogP contribution is -2.34. The van der Waals surface area contributed by atoms with Crippen molar-refractivity contribution in [3.05, 3.63) is 64.1 Å². The molecule has 0 aliphatic heterocycles. The van der Waals surface area contributed by atoms with Crippen LogP contribution < -0.4 is 5.32 Å². The maximum absolute atomic E-state index is 3.73. The fraction of sp³-hybridized carbons (Fsp3) is 0.368. The molecule has 2 heteroatoms. The number of rotatable bonds is 4. The highest BCUT2D eigenvalue weighted by Crippen LogP contribution is 2.41. The van der Waals surface area contributed by atoms with Crippen LogP contribution in [-0.2, 0) is 0 Å². The molecular weight excluding hydrogens is 322 g/mol. The Balaban J connectivity index is 1.64. The van der Waals surface area contributed by atoms with Crippen LogP contribution in [0.1, 0.15) is 49.7 Å². The van der Waals surface area contributed by atoms with Crippen LogP contribution in [0.5, 0.6) is 0 Å². The van der Waals surface area contributed by atoms with E-state index in [0.717, 1.165) is 0 Å². The second kappa shape index (κ2) is 6.23. The molecule has 0 bridgehead atoms. The summed E-state index contributed by atoms with van der Waals surface area (Å²) in [6, 6.07) is 17.9. The zero-order valence-corrected chi connectivity index (χ0v) is 14.2. The van der Waals surface area contributed by atoms with E-state index in [-0.39, 0.29) is 0 Å². The van der Waals surface area contributed by atoms with Crippen LogP contribution >= 0.6 is 15.9 Å². The van der Waals surface area contributed by atoms with Gasteiger partial charge in [0, 0.05) is 16.2 Å². The molecule has 1 N–H and O–H groups in total. The molecule has 21 heavy (non-hydrogen) atoms. The summed E-state index contributed by atoms with van der Waals surface area (Å²) >= 11 is 3.67. The third-order valence-corrected chi connectivity index (χ3v) is 5.15. The molecule has 0 atom stereocenters. The van der Waals surface area contributed by atoms with Crippen LogP contribution in [-0.4, -0.2) is 6.04 Å². The van der Waals surface area contributed by atoms with E-state index in [1.54, 1.807) is 0 Å². The maximum Gasteiger partial charge on any atom is 0.0377 e. The Kier molecular flexibility index (Phi) is 4.34. The largest absolute Gasteiger partial charge is 0.382 e. The number of halogens is 1. The minimum atomic E-state index is 0.563. The third-order valence-electron chi connectivity index (χ3n) is 4.43. The summed E-state index contributed by atoms with van der Waals surface area (Å²) in [5.41, 5.74) is 4.18. The molecule has 110 valence electrons. The van der Waals surface area contributed by atoms with E-state index in [1.807, 2.05) is 0 Å². The van der Waals surface area contributed by atoms with Gasteiger partial charge in [0.1, 0.15) is 0 Å². The van der Waals surface area contributed by atoms with E-state index in [4.69, 9.17) is 0 Å². The molecule has 1 nitrogen and oxygen atoms in total. The molecule has 0 radical (unpaired) electrons. The minimum Gasteiger partial charge on any atom is -0.382 e. The van der Waals surface area contributed by atoms with Gasteiger partial charge in [-0.2, -0.15) is 0 Å². The fourth-order valence-corrected chi connectivity index (χ4v) is 3.76. The van der Waals surface area contributed by atoms with Crippen molar-refractivity contribution < 1.29 is 0 Å². The van der Waals surface area contributed by atoms with Crippen molar-refractivity contribution in [2.24, 2.45) is 0 Å². The highest BCUT2D eigenvalue weighted by atomic mass is 79.9. The summed E-state index contributed by atoms with van der Waals surface area (Å²) in [5.74, 6) is 1.25. The molecule has 3 rings (SSSR count). The SMILES string of the molecule is CC(C)c1ccccc1NC1CC(c2ccccc2Br)C1. The van der Waals surface area contributed by atoms with Crippen LogP contribution in [0.3, 0.4) is 0 Å². The van der Waals surface area contributed by atoms with Gasteiger partial charge in [-0.15, -0.1) is 0 Å². The predicted octanol–water partition coefficient (Wildman–Crippen LogP) is 5.93. The lowest BCUT2D eigenvalue weighted by molar-refractivity contribution is 0.373. The van der Waals surface area contributed by atoms with Crippen molar-refractivity contribution >= 4 is 21.6 Å². The van der Waals surface area contributed by atoms with Crippen molar-refractivity contribution in [2.75, 3.05) is 5.32 Å². The Morgan fingerprint density at radius 3 is 2.38 bits per heavy atom. The first kappa shape index (κ1) is 14.6. The fourth-order valence-electron chi connectivity index (χ4n) is 3.15. The van der Waals surface area contributed by atoms with Gasteiger partial charge >= 0.3 is 0 Å². The van der Waals surface area contributed by atoms with Crippen LogP contribution in [0.25, 0.3) is 0 Å². The minimum absolute atomic E-state index is 0.563. The summed E-state index contributed by atoms with van der Waals surface area (Å²) in [6.45, 7) is 4.51. The Morgan fingerprint density at radius 2 is 1.67 bits per heavy atom. The summed E-state index contributed by atoms with van der Waals surface area (Å²) in [4.78, 5) is 0. The van der Waals surface area contributed by atoms with Gasteiger partial charge in [-0.1, -0.05) is 66.2 Å². The van der Waals surface area contributed by atoms with Crippen LogP contribution in [0, 0.1) is 0 Å². The summed E-state index contributed by atoms with van der Waals surface area (Å²) in [5, 5.41) is 3.73. The van der Waals surface area contributed by atoms with Crippen LogP contribution in [0.15, 0.2) is 53.0 Å². The van der Waals surface area contributed by atoms with E-state index < -0.39 is 0 Å². The number of hydrogen-bond donors (Lipinski definition) is 1. The quantitative estimate of drug-likeness (QED) is 0.725. The van der Waals surface area contributed by atoms with Gasteiger partial charge in [0.05, 0.1) is 0 Å². The third kappa shape index (κ3) is 3.16. The average Bonchev–Trinajstić information content (AvgIpc) is 2.44. The summed E-state index contributed by atoms with van der Waals surface area (Å²) in [6.07, 6.45) is 2.43. The van der Waals surface area contributed by atoms with E-state index in [2.05, 4.69) is 83.6 Å². The molecule has 0 amide bonds. The second-order valence-corrected chi connectivity index (χ2v) is 7.13.